The van der Waals surface area contributed by atoms with Crippen molar-refractivity contribution in [3.63, 3.8) is 0 Å². The van der Waals surface area contributed by atoms with Gasteiger partial charge < -0.3 is 14.0 Å². The molecule has 0 fully saturated rings. The smallest absolute Gasteiger partial charge is 0.412 e. The summed E-state index contributed by atoms with van der Waals surface area (Å²) in [5.74, 6) is -0.264. The molecule has 0 atom stereocenters. The van der Waals surface area contributed by atoms with Crippen molar-refractivity contribution in [1.29, 1.82) is 0 Å². The average Bonchev–Trinajstić information content (AvgIpc) is 2.99. The number of esters is 1. The van der Waals surface area contributed by atoms with Crippen LogP contribution in [0.5, 0.6) is 0 Å². The summed E-state index contributed by atoms with van der Waals surface area (Å²) in [6.45, 7) is 5.94. The SMILES string of the molecule is COC(=O)CCn1cccc1-c1ccccc1NC(=O)OC(C)(C)C. The van der Waals surface area contributed by atoms with Crippen LogP contribution in [0.3, 0.4) is 0 Å². The van der Waals surface area contributed by atoms with Gasteiger partial charge in [0.05, 0.1) is 24.9 Å². The summed E-state index contributed by atoms with van der Waals surface area (Å²) in [6.07, 6.45) is 1.66. The fourth-order valence-corrected chi connectivity index (χ4v) is 2.40. The Hall–Kier alpha value is -2.76. The van der Waals surface area contributed by atoms with Gasteiger partial charge in [0, 0.05) is 18.3 Å². The van der Waals surface area contributed by atoms with E-state index in [4.69, 9.17) is 9.47 Å². The predicted octanol–water partition coefficient (Wildman–Crippen LogP) is 4.07. The van der Waals surface area contributed by atoms with E-state index in [2.05, 4.69) is 5.32 Å². The van der Waals surface area contributed by atoms with Crippen molar-refractivity contribution in [1.82, 2.24) is 4.57 Å². The highest BCUT2D eigenvalue weighted by atomic mass is 16.6. The number of nitrogens with one attached hydrogen (secondary N) is 1. The Bertz CT molecular complexity index is 744. The second-order valence-corrected chi connectivity index (χ2v) is 6.59. The van der Waals surface area contributed by atoms with E-state index >= 15 is 0 Å². The standard InChI is InChI=1S/C19H24N2O4/c1-19(2,3)25-18(23)20-15-9-6-5-8-14(15)16-10-7-12-21(16)13-11-17(22)24-4/h5-10,12H,11,13H2,1-4H3,(H,20,23). The number of rotatable bonds is 5. The van der Waals surface area contributed by atoms with Gasteiger partial charge in [-0.15, -0.1) is 0 Å². The van der Waals surface area contributed by atoms with Crippen LogP contribution in [0.4, 0.5) is 10.5 Å². The molecule has 1 heterocycles. The number of hydrogen-bond donors (Lipinski definition) is 1. The van der Waals surface area contributed by atoms with E-state index < -0.39 is 11.7 Å². The fraction of sp³-hybridized carbons (Fsp3) is 0.368. The number of benzene rings is 1. The highest BCUT2D eigenvalue weighted by Crippen LogP contribution is 2.29. The average molecular weight is 344 g/mol. The zero-order chi connectivity index (χ0) is 18.4. The first-order valence-electron chi connectivity index (χ1n) is 8.11. The first-order valence-corrected chi connectivity index (χ1v) is 8.11. The molecule has 134 valence electrons. The molecular weight excluding hydrogens is 320 g/mol. The van der Waals surface area contributed by atoms with Crippen LogP contribution in [-0.4, -0.2) is 29.3 Å². The number of para-hydroxylation sites is 1. The molecule has 2 rings (SSSR count). The van der Waals surface area contributed by atoms with Gasteiger partial charge in [0.2, 0.25) is 0 Å². The summed E-state index contributed by atoms with van der Waals surface area (Å²) in [6, 6.07) is 11.3. The second kappa shape index (κ2) is 7.88. The van der Waals surface area contributed by atoms with Crippen molar-refractivity contribution in [2.75, 3.05) is 12.4 Å². The highest BCUT2D eigenvalue weighted by Gasteiger charge is 2.18. The molecule has 6 nitrogen and oxygen atoms in total. The Morgan fingerprint density at radius 2 is 1.84 bits per heavy atom. The lowest BCUT2D eigenvalue weighted by atomic mass is 10.1. The van der Waals surface area contributed by atoms with Gasteiger partial charge in [0.25, 0.3) is 0 Å². The monoisotopic (exact) mass is 344 g/mol. The zero-order valence-corrected chi connectivity index (χ0v) is 15.0. The van der Waals surface area contributed by atoms with E-state index in [1.807, 2.05) is 67.9 Å². The molecule has 25 heavy (non-hydrogen) atoms. The van der Waals surface area contributed by atoms with Crippen LogP contribution in [-0.2, 0) is 20.8 Å². The number of amides is 1. The Labute approximate surface area is 147 Å². The third kappa shape index (κ3) is 5.38. The molecule has 0 aliphatic rings. The van der Waals surface area contributed by atoms with E-state index in [9.17, 15) is 9.59 Å². The largest absolute Gasteiger partial charge is 0.469 e. The number of nitrogens with zero attached hydrogens (tertiary/aromatic N) is 1. The Morgan fingerprint density at radius 3 is 2.52 bits per heavy atom. The van der Waals surface area contributed by atoms with Gasteiger partial charge in [-0.1, -0.05) is 18.2 Å². The minimum atomic E-state index is -0.570. The lowest BCUT2D eigenvalue weighted by molar-refractivity contribution is -0.140. The summed E-state index contributed by atoms with van der Waals surface area (Å²) in [5, 5.41) is 2.79. The zero-order valence-electron chi connectivity index (χ0n) is 15.0. The first-order chi connectivity index (χ1) is 11.8. The normalized spacial score (nSPS) is 11.0. The topological polar surface area (TPSA) is 69.6 Å². The summed E-state index contributed by atoms with van der Waals surface area (Å²) >= 11 is 0. The van der Waals surface area contributed by atoms with Crippen LogP contribution in [0.2, 0.25) is 0 Å². The molecular formula is C19H24N2O4. The van der Waals surface area contributed by atoms with Crippen LogP contribution in [0.25, 0.3) is 11.3 Å². The van der Waals surface area contributed by atoms with Crippen LogP contribution in [0.15, 0.2) is 42.6 Å². The summed E-state index contributed by atoms with van der Waals surface area (Å²) < 4.78 is 12.0. The number of ether oxygens (including phenoxy) is 2. The number of carbonyl (C=O) groups is 2. The van der Waals surface area contributed by atoms with Crippen LogP contribution in [0.1, 0.15) is 27.2 Å². The first kappa shape index (κ1) is 18.6. The van der Waals surface area contributed by atoms with Crippen LogP contribution in [0, 0.1) is 0 Å². The van der Waals surface area contributed by atoms with Gasteiger partial charge in [-0.2, -0.15) is 0 Å². The molecule has 0 radical (unpaired) electrons. The highest BCUT2D eigenvalue weighted by molar-refractivity contribution is 5.91. The molecule has 0 spiro atoms. The maximum absolute atomic E-state index is 12.1. The fourth-order valence-electron chi connectivity index (χ4n) is 2.40. The summed E-state index contributed by atoms with van der Waals surface area (Å²) in [7, 11) is 1.37. The number of anilines is 1. The van der Waals surface area contributed by atoms with E-state index in [1.165, 1.54) is 7.11 Å². The lowest BCUT2D eigenvalue weighted by Gasteiger charge is -2.20. The maximum atomic E-state index is 12.1. The summed E-state index contributed by atoms with van der Waals surface area (Å²) in [4.78, 5) is 23.5. The molecule has 0 saturated heterocycles. The van der Waals surface area contributed by atoms with Crippen molar-refractivity contribution in [2.45, 2.75) is 39.3 Å². The predicted molar refractivity (Wildman–Crippen MR) is 96.4 cm³/mol. The minimum Gasteiger partial charge on any atom is -0.469 e. The second-order valence-electron chi connectivity index (χ2n) is 6.59. The van der Waals surface area contributed by atoms with Gasteiger partial charge in [0.1, 0.15) is 5.60 Å². The van der Waals surface area contributed by atoms with Crippen molar-refractivity contribution in [3.8, 4) is 11.3 Å². The van der Waals surface area contributed by atoms with Crippen molar-refractivity contribution in [2.24, 2.45) is 0 Å². The van der Waals surface area contributed by atoms with E-state index in [0.717, 1.165) is 11.3 Å². The van der Waals surface area contributed by atoms with E-state index in [1.54, 1.807) is 0 Å². The number of carbonyl (C=O) groups excluding carboxylic acids is 2. The maximum Gasteiger partial charge on any atom is 0.412 e. The third-order valence-corrected chi connectivity index (χ3v) is 3.45. The third-order valence-electron chi connectivity index (χ3n) is 3.45. The van der Waals surface area contributed by atoms with Crippen molar-refractivity contribution < 1.29 is 19.1 Å². The van der Waals surface area contributed by atoms with Gasteiger partial charge in [-0.3, -0.25) is 10.1 Å². The molecule has 6 heteroatoms. The quantitative estimate of drug-likeness (QED) is 0.830. The molecule has 1 amide bonds. The van der Waals surface area contributed by atoms with Crippen LogP contribution < -0.4 is 5.32 Å². The molecule has 0 aliphatic carbocycles. The van der Waals surface area contributed by atoms with E-state index in [-0.39, 0.29) is 12.4 Å². The van der Waals surface area contributed by atoms with E-state index in [0.29, 0.717) is 12.2 Å². The molecule has 0 saturated carbocycles. The lowest BCUT2D eigenvalue weighted by Crippen LogP contribution is -2.27. The molecule has 0 unspecified atom stereocenters. The Balaban J connectivity index is 2.22. The number of hydrogen-bond acceptors (Lipinski definition) is 4. The molecule has 0 bridgehead atoms. The van der Waals surface area contributed by atoms with Gasteiger partial charge >= 0.3 is 12.1 Å². The molecule has 1 aromatic heterocycles. The van der Waals surface area contributed by atoms with Gasteiger partial charge in [-0.05, 0) is 39.0 Å². The van der Waals surface area contributed by atoms with Crippen molar-refractivity contribution >= 4 is 17.7 Å². The molecule has 1 aromatic carbocycles. The number of methoxy groups -OCH3 is 1. The van der Waals surface area contributed by atoms with Gasteiger partial charge in [0.15, 0.2) is 0 Å². The minimum absolute atomic E-state index is 0.264. The molecule has 0 aliphatic heterocycles. The number of aryl methyl sites for hydroxylation is 1. The molecule has 1 N–H and O–H groups in total. The van der Waals surface area contributed by atoms with Crippen molar-refractivity contribution in [3.05, 3.63) is 42.6 Å². The number of aromatic nitrogens is 1. The Morgan fingerprint density at radius 1 is 1.12 bits per heavy atom. The Kier molecular flexibility index (Phi) is 5.85. The summed E-state index contributed by atoms with van der Waals surface area (Å²) in [5.41, 5.74) is 1.83. The van der Waals surface area contributed by atoms with Crippen LogP contribution >= 0.6 is 0 Å². The van der Waals surface area contributed by atoms with Gasteiger partial charge in [-0.25, -0.2) is 4.79 Å². The molecule has 2 aromatic rings.